The number of halogens is 1. The normalized spacial score (nSPS) is 12.2. The summed E-state index contributed by atoms with van der Waals surface area (Å²) in [5.74, 6) is -0.684. The lowest BCUT2D eigenvalue weighted by Crippen LogP contribution is -2.12. The van der Waals surface area contributed by atoms with E-state index < -0.39 is 5.97 Å². The van der Waals surface area contributed by atoms with Gasteiger partial charge in [0.1, 0.15) is 0 Å². The molecule has 0 radical (unpaired) electrons. The Labute approximate surface area is 149 Å². The number of nitrogens with two attached hydrogens (primary N) is 1. The maximum Gasteiger partial charge on any atom is 0.354 e. The Hall–Kier alpha value is -2.21. The molecule has 0 aliphatic carbocycles. The number of benzene rings is 1. The number of aromatic carboxylic acids is 1. The summed E-state index contributed by atoms with van der Waals surface area (Å²) in [7, 11) is 0. The molecule has 24 heavy (non-hydrogen) atoms. The van der Waals surface area contributed by atoms with Gasteiger partial charge in [0.2, 0.25) is 0 Å². The second-order valence-corrected chi connectivity index (χ2v) is 6.81. The molecule has 0 spiro atoms. The molecule has 0 bridgehead atoms. The molecule has 5 nitrogen and oxygen atoms in total. The van der Waals surface area contributed by atoms with Gasteiger partial charge in [0.15, 0.2) is 11.5 Å². The van der Waals surface area contributed by atoms with Crippen molar-refractivity contribution in [2.75, 3.05) is 0 Å². The Bertz CT molecular complexity index is 805. The van der Waals surface area contributed by atoms with E-state index in [0.29, 0.717) is 22.8 Å². The van der Waals surface area contributed by atoms with E-state index in [0.717, 1.165) is 15.6 Å². The molecule has 1 heterocycles. The maximum atomic E-state index is 11.4. The molecular weight excluding hydrogens is 370 g/mol. The van der Waals surface area contributed by atoms with Gasteiger partial charge >= 0.3 is 5.97 Å². The zero-order chi connectivity index (χ0) is 18.0. The number of aromatic nitrogens is 2. The predicted molar refractivity (Wildman–Crippen MR) is 97.8 cm³/mol. The molecule has 1 aromatic heterocycles. The Kier molecular flexibility index (Phi) is 5.39. The van der Waals surface area contributed by atoms with Crippen LogP contribution in [0.4, 0.5) is 0 Å². The van der Waals surface area contributed by atoms with Crippen LogP contribution < -0.4 is 5.73 Å². The van der Waals surface area contributed by atoms with Crippen molar-refractivity contribution in [3.63, 3.8) is 0 Å². The van der Waals surface area contributed by atoms with E-state index in [1.807, 2.05) is 39.0 Å². The molecule has 1 aromatic carbocycles. The van der Waals surface area contributed by atoms with Gasteiger partial charge in [-0.1, -0.05) is 41.9 Å². The SMILES string of the molecule is CC(N)=C(c1nc(C(=O)O)cc(C(C)C)n1)c1c(C)cccc1Br. The zero-order valence-corrected chi connectivity index (χ0v) is 15.7. The second kappa shape index (κ2) is 7.13. The fourth-order valence-electron chi connectivity index (χ4n) is 2.42. The standard InChI is InChI=1S/C18H20BrN3O2/c1-9(2)13-8-14(18(23)24)22-17(21-13)16(11(4)20)15-10(3)6-5-7-12(15)19/h5-9H,20H2,1-4H3,(H,23,24). The summed E-state index contributed by atoms with van der Waals surface area (Å²) in [6.45, 7) is 7.65. The molecule has 3 N–H and O–H groups in total. The van der Waals surface area contributed by atoms with Gasteiger partial charge in [-0.25, -0.2) is 14.8 Å². The zero-order valence-electron chi connectivity index (χ0n) is 14.1. The largest absolute Gasteiger partial charge is 0.477 e. The lowest BCUT2D eigenvalue weighted by molar-refractivity contribution is 0.0690. The van der Waals surface area contributed by atoms with E-state index in [4.69, 9.17) is 5.73 Å². The number of rotatable bonds is 4. The quantitative estimate of drug-likeness (QED) is 0.820. The van der Waals surface area contributed by atoms with E-state index in [2.05, 4.69) is 25.9 Å². The number of carboxylic acids is 1. The van der Waals surface area contributed by atoms with Crippen LogP contribution in [0.2, 0.25) is 0 Å². The molecule has 0 fully saturated rings. The third-order valence-corrected chi connectivity index (χ3v) is 4.31. The maximum absolute atomic E-state index is 11.4. The minimum absolute atomic E-state index is 0.0350. The Balaban J connectivity index is 2.79. The van der Waals surface area contributed by atoms with Gasteiger partial charge in [-0.3, -0.25) is 0 Å². The number of carbonyl (C=O) groups is 1. The molecular formula is C18H20BrN3O2. The lowest BCUT2D eigenvalue weighted by Gasteiger charge is -2.16. The lowest BCUT2D eigenvalue weighted by atomic mass is 9.98. The Morgan fingerprint density at radius 3 is 2.46 bits per heavy atom. The van der Waals surface area contributed by atoms with Gasteiger partial charge in [0.05, 0.1) is 0 Å². The summed E-state index contributed by atoms with van der Waals surface area (Å²) < 4.78 is 0.859. The molecule has 6 heteroatoms. The van der Waals surface area contributed by atoms with Crippen molar-refractivity contribution >= 4 is 27.5 Å². The van der Waals surface area contributed by atoms with Crippen molar-refractivity contribution in [1.29, 1.82) is 0 Å². The van der Waals surface area contributed by atoms with E-state index in [-0.39, 0.29) is 11.6 Å². The predicted octanol–water partition coefficient (Wildman–Crippen LogP) is 4.11. The highest BCUT2D eigenvalue weighted by Crippen LogP contribution is 2.32. The topological polar surface area (TPSA) is 89.1 Å². The Morgan fingerprint density at radius 1 is 1.29 bits per heavy atom. The first-order valence-corrected chi connectivity index (χ1v) is 8.36. The van der Waals surface area contributed by atoms with Gasteiger partial charge in [-0.15, -0.1) is 0 Å². The summed E-state index contributed by atoms with van der Waals surface area (Å²) in [5.41, 5.74) is 9.80. The summed E-state index contributed by atoms with van der Waals surface area (Å²) in [6.07, 6.45) is 0. The molecule has 2 aromatic rings. The number of carboxylic acid groups (broad SMARTS) is 1. The van der Waals surface area contributed by atoms with Gasteiger partial charge in [-0.2, -0.15) is 0 Å². The molecule has 0 saturated carbocycles. The van der Waals surface area contributed by atoms with Crippen molar-refractivity contribution < 1.29 is 9.90 Å². The minimum Gasteiger partial charge on any atom is -0.477 e. The third-order valence-electron chi connectivity index (χ3n) is 3.65. The fraction of sp³-hybridized carbons (Fsp3) is 0.278. The molecule has 126 valence electrons. The summed E-state index contributed by atoms with van der Waals surface area (Å²) >= 11 is 3.55. The number of allylic oxidation sites excluding steroid dienone is 1. The van der Waals surface area contributed by atoms with E-state index in [1.54, 1.807) is 6.92 Å². The van der Waals surface area contributed by atoms with Crippen molar-refractivity contribution in [1.82, 2.24) is 9.97 Å². The van der Waals surface area contributed by atoms with Gasteiger partial charge < -0.3 is 10.8 Å². The van der Waals surface area contributed by atoms with E-state index in [9.17, 15) is 9.90 Å². The molecule has 2 rings (SSSR count). The van der Waals surface area contributed by atoms with Crippen LogP contribution in [0.15, 0.2) is 34.4 Å². The molecule has 0 amide bonds. The average molecular weight is 390 g/mol. The number of hydrogen-bond acceptors (Lipinski definition) is 4. The highest BCUT2D eigenvalue weighted by molar-refractivity contribution is 9.10. The highest BCUT2D eigenvalue weighted by atomic mass is 79.9. The first kappa shape index (κ1) is 18.1. The third kappa shape index (κ3) is 3.64. The van der Waals surface area contributed by atoms with Crippen LogP contribution >= 0.6 is 15.9 Å². The second-order valence-electron chi connectivity index (χ2n) is 5.95. The van der Waals surface area contributed by atoms with Crippen LogP contribution in [0, 0.1) is 6.92 Å². The molecule has 0 saturated heterocycles. The average Bonchev–Trinajstić information content (AvgIpc) is 2.50. The van der Waals surface area contributed by atoms with Crippen LogP contribution in [0.25, 0.3) is 5.57 Å². The minimum atomic E-state index is -1.08. The smallest absolute Gasteiger partial charge is 0.354 e. The molecule has 0 aliphatic rings. The van der Waals surface area contributed by atoms with Crippen LogP contribution in [-0.4, -0.2) is 21.0 Å². The molecule has 0 unspecified atom stereocenters. The Morgan fingerprint density at radius 2 is 1.96 bits per heavy atom. The fourth-order valence-corrected chi connectivity index (χ4v) is 3.08. The highest BCUT2D eigenvalue weighted by Gasteiger charge is 2.20. The van der Waals surface area contributed by atoms with E-state index >= 15 is 0 Å². The monoisotopic (exact) mass is 389 g/mol. The number of nitrogens with zero attached hydrogens (tertiary/aromatic N) is 2. The van der Waals surface area contributed by atoms with Crippen molar-refractivity contribution in [2.45, 2.75) is 33.6 Å². The first-order chi connectivity index (χ1) is 11.2. The van der Waals surface area contributed by atoms with Crippen LogP contribution in [0.3, 0.4) is 0 Å². The van der Waals surface area contributed by atoms with Crippen molar-refractivity contribution in [3.05, 3.63) is 62.8 Å². The van der Waals surface area contributed by atoms with Gasteiger partial charge in [0, 0.05) is 27.0 Å². The van der Waals surface area contributed by atoms with Crippen LogP contribution in [0.5, 0.6) is 0 Å². The van der Waals surface area contributed by atoms with Crippen LogP contribution in [0.1, 0.15) is 59.8 Å². The van der Waals surface area contributed by atoms with Crippen LogP contribution in [-0.2, 0) is 0 Å². The molecule has 0 aliphatic heterocycles. The van der Waals surface area contributed by atoms with Gasteiger partial charge in [0.25, 0.3) is 0 Å². The first-order valence-electron chi connectivity index (χ1n) is 7.56. The van der Waals surface area contributed by atoms with Crippen molar-refractivity contribution in [2.24, 2.45) is 5.73 Å². The summed E-state index contributed by atoms with van der Waals surface area (Å²) in [4.78, 5) is 20.2. The summed E-state index contributed by atoms with van der Waals surface area (Å²) in [6, 6.07) is 7.32. The van der Waals surface area contributed by atoms with Gasteiger partial charge in [-0.05, 0) is 37.5 Å². The van der Waals surface area contributed by atoms with Crippen molar-refractivity contribution in [3.8, 4) is 0 Å². The summed E-state index contributed by atoms with van der Waals surface area (Å²) in [5, 5.41) is 9.37. The number of aryl methyl sites for hydroxylation is 1. The number of hydrogen-bond donors (Lipinski definition) is 2. The molecule has 0 atom stereocenters. The van der Waals surface area contributed by atoms with E-state index in [1.165, 1.54) is 6.07 Å².